The summed E-state index contributed by atoms with van der Waals surface area (Å²) in [5, 5.41) is 16.7. The van der Waals surface area contributed by atoms with Gasteiger partial charge in [0.1, 0.15) is 23.0 Å². The lowest BCUT2D eigenvalue weighted by atomic mass is 10.1. The summed E-state index contributed by atoms with van der Waals surface area (Å²) in [4.78, 5) is 47.4. The molecule has 11 nitrogen and oxygen atoms in total. The molecule has 4 aliphatic carbocycles. The highest BCUT2D eigenvalue weighted by Crippen LogP contribution is 2.38. The Hall–Kier alpha value is -4.72. The molecule has 2 atom stereocenters. The van der Waals surface area contributed by atoms with Crippen molar-refractivity contribution in [3.05, 3.63) is 104 Å². The molecule has 0 bridgehead atoms. The number of carboxylic acids is 1. The zero-order chi connectivity index (χ0) is 39.6. The van der Waals surface area contributed by atoms with Crippen molar-refractivity contribution in [2.75, 3.05) is 10.6 Å². The maximum absolute atomic E-state index is 13.3. The van der Waals surface area contributed by atoms with Crippen LogP contribution in [0.1, 0.15) is 108 Å². The van der Waals surface area contributed by atoms with E-state index in [9.17, 15) is 28.0 Å². The number of aryl methyl sites for hydroxylation is 2. The molecule has 0 saturated heterocycles. The van der Waals surface area contributed by atoms with Crippen LogP contribution in [-0.4, -0.2) is 37.9 Å². The molecule has 2 unspecified atom stereocenters. The van der Waals surface area contributed by atoms with Crippen molar-refractivity contribution in [1.82, 2.24) is 14.5 Å². The fraction of sp³-hybridized carbons (Fsp3) is 0.400. The number of nitrogens with two attached hydrogens (primary N) is 1. The van der Waals surface area contributed by atoms with Crippen molar-refractivity contribution in [2.45, 2.75) is 90.4 Å². The van der Waals surface area contributed by atoms with Gasteiger partial charge in [-0.05, 0) is 124 Å². The largest absolute Gasteiger partial charge is 0.481 e. The number of amides is 3. The van der Waals surface area contributed by atoms with E-state index in [0.717, 1.165) is 73.6 Å². The Morgan fingerprint density at radius 3 is 1.65 bits per heavy atom. The molecule has 55 heavy (non-hydrogen) atoms. The van der Waals surface area contributed by atoms with Crippen molar-refractivity contribution in [1.29, 1.82) is 0 Å². The number of hydrogen-bond donors (Lipinski definition) is 5. The summed E-state index contributed by atoms with van der Waals surface area (Å²) in [5.41, 5.74) is 12.3. The van der Waals surface area contributed by atoms with Gasteiger partial charge in [0.2, 0.25) is 5.91 Å². The van der Waals surface area contributed by atoms with E-state index in [4.69, 9.17) is 34.0 Å². The van der Waals surface area contributed by atoms with Gasteiger partial charge in [-0.15, -0.1) is 0 Å². The number of halogens is 4. The van der Waals surface area contributed by atoms with Crippen molar-refractivity contribution in [2.24, 2.45) is 17.6 Å². The van der Waals surface area contributed by atoms with Gasteiger partial charge in [0.25, 0.3) is 11.8 Å². The zero-order valence-electron chi connectivity index (χ0n) is 30.6. The smallest absolute Gasteiger partial charge is 0.306 e. The molecular weight excluding hydrogens is 753 g/mol. The van der Waals surface area contributed by atoms with E-state index in [0.29, 0.717) is 35.9 Å². The third-order valence-corrected chi connectivity index (χ3v) is 10.8. The maximum Gasteiger partial charge on any atom is 0.306 e. The fourth-order valence-electron chi connectivity index (χ4n) is 6.96. The van der Waals surface area contributed by atoms with Crippen LogP contribution in [0, 0.1) is 23.5 Å². The number of hydrogen-bond acceptors (Lipinski definition) is 5. The number of carboxylic acid groups (broad SMARTS) is 1. The molecule has 8 rings (SSSR count). The molecule has 2 fully saturated rings. The van der Waals surface area contributed by atoms with Gasteiger partial charge in [-0.3, -0.25) is 19.2 Å². The molecule has 3 amide bonds. The monoisotopic (exact) mass is 796 g/mol. The molecule has 2 saturated carbocycles. The van der Waals surface area contributed by atoms with Gasteiger partial charge >= 0.3 is 5.97 Å². The molecule has 4 aliphatic rings. The highest BCUT2D eigenvalue weighted by molar-refractivity contribution is 6.31. The summed E-state index contributed by atoms with van der Waals surface area (Å²) in [6, 6.07) is 8.19. The van der Waals surface area contributed by atoms with E-state index >= 15 is 0 Å². The van der Waals surface area contributed by atoms with Crippen LogP contribution in [0.2, 0.25) is 10.0 Å². The van der Waals surface area contributed by atoms with Gasteiger partial charge in [0.15, 0.2) is 0 Å². The first kappa shape index (κ1) is 40.0. The molecule has 2 heterocycles. The molecule has 0 aliphatic heterocycles. The van der Waals surface area contributed by atoms with Gasteiger partial charge < -0.3 is 35.9 Å². The highest BCUT2D eigenvalue weighted by Gasteiger charge is 2.36. The molecule has 4 aromatic rings. The predicted octanol–water partition coefficient (Wildman–Crippen LogP) is 8.05. The van der Waals surface area contributed by atoms with Gasteiger partial charge in [-0.25, -0.2) is 8.78 Å². The second-order valence-corrected chi connectivity index (χ2v) is 15.0. The number of aromatic nitrogens is 2. The van der Waals surface area contributed by atoms with Crippen LogP contribution in [0.3, 0.4) is 0 Å². The van der Waals surface area contributed by atoms with Crippen molar-refractivity contribution >= 4 is 58.3 Å². The number of rotatable bonds is 9. The molecular formula is C40H44Cl2F2N6O5. The second kappa shape index (κ2) is 17.0. The number of carbonyl (C=O) groups excluding carboxylic acids is 3. The molecule has 292 valence electrons. The fourth-order valence-corrected chi connectivity index (χ4v) is 7.32. The predicted molar refractivity (Wildman–Crippen MR) is 206 cm³/mol. The van der Waals surface area contributed by atoms with Crippen molar-refractivity contribution in [3.63, 3.8) is 0 Å². The average Bonchev–Trinajstić information content (AvgIpc) is 4.06. The number of anilines is 2. The number of benzene rings is 2. The lowest BCUT2D eigenvalue weighted by Gasteiger charge is -2.13. The van der Waals surface area contributed by atoms with Crippen LogP contribution in [0.5, 0.6) is 0 Å². The highest BCUT2D eigenvalue weighted by atomic mass is 35.5. The lowest BCUT2D eigenvalue weighted by molar-refractivity contribution is -0.138. The van der Waals surface area contributed by atoms with Crippen LogP contribution in [0.4, 0.5) is 20.2 Å². The van der Waals surface area contributed by atoms with Crippen LogP contribution < -0.4 is 21.7 Å². The zero-order valence-corrected chi connectivity index (χ0v) is 32.1. The number of nitrogens with zero attached hydrogens (tertiary/aromatic N) is 2. The maximum atomic E-state index is 13.3. The van der Waals surface area contributed by atoms with E-state index in [2.05, 4.69) is 16.0 Å². The summed E-state index contributed by atoms with van der Waals surface area (Å²) in [7, 11) is 0. The lowest BCUT2D eigenvalue weighted by Crippen LogP contribution is -2.28. The Morgan fingerprint density at radius 1 is 0.745 bits per heavy atom. The van der Waals surface area contributed by atoms with E-state index < -0.39 is 17.6 Å². The Balaban J connectivity index is 0.000000165. The van der Waals surface area contributed by atoms with Crippen molar-refractivity contribution in [3.8, 4) is 0 Å². The van der Waals surface area contributed by atoms with Gasteiger partial charge in [0.05, 0.1) is 22.0 Å². The van der Waals surface area contributed by atoms with E-state index in [-0.39, 0.29) is 51.7 Å². The Labute approximate surface area is 327 Å². The summed E-state index contributed by atoms with van der Waals surface area (Å²) in [6.07, 6.45) is 10.9. The van der Waals surface area contributed by atoms with E-state index in [1.54, 1.807) is 0 Å². The van der Waals surface area contributed by atoms with Crippen LogP contribution >= 0.6 is 23.2 Å². The SMILES string of the molecule is CCn1cc2c(c1C(=O)Nc1ccc(F)c(Cl)c1)CCC2N.CCn1cc2c(c1C(=O)Nc1ccc(F)c(Cl)c1)CCC2NC(=O)C1CC1.O=C(O)C1CC1. The van der Waals surface area contributed by atoms with E-state index in [1.807, 2.05) is 35.4 Å². The van der Waals surface area contributed by atoms with Crippen LogP contribution in [-0.2, 0) is 35.5 Å². The third-order valence-electron chi connectivity index (χ3n) is 10.3. The first-order valence-electron chi connectivity index (χ1n) is 18.5. The Morgan fingerprint density at radius 2 is 1.22 bits per heavy atom. The van der Waals surface area contributed by atoms with Crippen LogP contribution in [0.15, 0.2) is 48.8 Å². The van der Waals surface area contributed by atoms with Gasteiger partial charge in [-0.2, -0.15) is 0 Å². The Kier molecular flexibility index (Phi) is 12.3. The molecule has 15 heteroatoms. The first-order valence-corrected chi connectivity index (χ1v) is 19.3. The number of nitrogens with one attached hydrogen (secondary N) is 3. The Bertz CT molecular complexity index is 2130. The van der Waals surface area contributed by atoms with Gasteiger partial charge in [0, 0.05) is 48.8 Å². The average molecular weight is 798 g/mol. The molecule has 2 aromatic carbocycles. The topological polar surface area (TPSA) is 160 Å². The normalized spacial score (nSPS) is 17.9. The summed E-state index contributed by atoms with van der Waals surface area (Å²) in [6.45, 7) is 5.28. The second-order valence-electron chi connectivity index (χ2n) is 14.2. The first-order chi connectivity index (χ1) is 26.3. The quantitative estimate of drug-likeness (QED) is 0.115. The van der Waals surface area contributed by atoms with Crippen LogP contribution in [0.25, 0.3) is 0 Å². The summed E-state index contributed by atoms with van der Waals surface area (Å²) in [5.74, 6) is -1.85. The van der Waals surface area contributed by atoms with Gasteiger partial charge in [-0.1, -0.05) is 23.2 Å². The third kappa shape index (κ3) is 9.22. The molecule has 0 radical (unpaired) electrons. The summed E-state index contributed by atoms with van der Waals surface area (Å²) >= 11 is 11.5. The number of fused-ring (bicyclic) bond motifs is 2. The molecule has 0 spiro atoms. The molecule has 6 N–H and O–H groups in total. The number of carbonyl (C=O) groups is 4. The van der Waals surface area contributed by atoms with Crippen molar-refractivity contribution < 1.29 is 33.1 Å². The molecule has 2 aromatic heterocycles. The number of aliphatic carboxylic acids is 1. The summed E-state index contributed by atoms with van der Waals surface area (Å²) < 4.78 is 30.3. The minimum Gasteiger partial charge on any atom is -0.481 e. The minimum absolute atomic E-state index is 0.00499. The van der Waals surface area contributed by atoms with E-state index in [1.165, 1.54) is 36.4 Å². The minimum atomic E-state index is -0.630. The standard InChI is InChI=1S/C20H21ClFN3O2.C16H17ClFN3O.C4H6O2/c1-2-25-10-14-13(6-8-17(14)24-19(26)11-3-4-11)18(25)20(27)23-12-5-7-16(22)15(21)9-12;1-2-21-8-11-10(4-6-14(11)19)15(21)16(22)20-9-3-5-13(18)12(17)7-9;5-4(6)3-1-2-3/h5,7,9-11,17H,2-4,6,8H2,1H3,(H,23,27)(H,24,26);3,5,7-8,14H,2,4,6,19H2,1H3,(H,20,22);3H,1-2H2,(H,5,6).